The van der Waals surface area contributed by atoms with Crippen molar-refractivity contribution in [3.63, 3.8) is 0 Å². The lowest BCUT2D eigenvalue weighted by molar-refractivity contribution is -0.123. The van der Waals surface area contributed by atoms with Gasteiger partial charge in [0, 0.05) is 20.2 Å². The zero-order valence-corrected chi connectivity index (χ0v) is 10.7. The first kappa shape index (κ1) is 15.6. The van der Waals surface area contributed by atoms with Gasteiger partial charge in [0.2, 0.25) is 11.8 Å². The van der Waals surface area contributed by atoms with Crippen LogP contribution >= 0.6 is 0 Å². The molecule has 0 saturated heterocycles. The average Bonchev–Trinajstić information content (AvgIpc) is 2.37. The number of carbonyl (C=O) groups excluding carboxylic acids is 2. The average molecular weight is 246 g/mol. The maximum absolute atomic E-state index is 11.2. The van der Waals surface area contributed by atoms with Crippen molar-refractivity contribution < 1.29 is 9.59 Å². The van der Waals surface area contributed by atoms with Gasteiger partial charge in [-0.2, -0.15) is 0 Å². The van der Waals surface area contributed by atoms with Crippen LogP contribution in [0.3, 0.4) is 0 Å². The minimum Gasteiger partial charge on any atom is -0.366 e. The lowest BCUT2D eigenvalue weighted by Gasteiger charge is -2.04. The number of carbonyl (C=O) groups is 2. The Morgan fingerprint density at radius 2 is 1.72 bits per heavy atom. The molecule has 1 aromatic rings. The Labute approximate surface area is 107 Å². The predicted octanol–water partition coefficient (Wildman–Crippen LogP) is 1.45. The van der Waals surface area contributed by atoms with Crippen LogP contribution in [0.1, 0.15) is 5.56 Å². The van der Waals surface area contributed by atoms with E-state index in [1.54, 1.807) is 25.1 Å². The van der Waals surface area contributed by atoms with Gasteiger partial charge in [0.25, 0.3) is 0 Å². The van der Waals surface area contributed by atoms with Crippen molar-refractivity contribution in [2.75, 3.05) is 14.1 Å². The van der Waals surface area contributed by atoms with Crippen LogP contribution in [-0.4, -0.2) is 30.8 Å². The van der Waals surface area contributed by atoms with E-state index in [0.29, 0.717) is 0 Å². The fourth-order valence-corrected chi connectivity index (χ4v) is 0.881. The van der Waals surface area contributed by atoms with Crippen molar-refractivity contribution >= 4 is 17.9 Å². The van der Waals surface area contributed by atoms with E-state index in [4.69, 9.17) is 0 Å². The zero-order valence-electron chi connectivity index (χ0n) is 10.7. The third-order valence-electron chi connectivity index (χ3n) is 1.86. The molecule has 0 fully saturated rings. The summed E-state index contributed by atoms with van der Waals surface area (Å²) in [7, 11) is 3.47. The molecule has 0 unspecified atom stereocenters. The van der Waals surface area contributed by atoms with Gasteiger partial charge in [-0.25, -0.2) is 0 Å². The molecule has 0 aliphatic heterocycles. The molecule has 4 heteroatoms. The predicted molar refractivity (Wildman–Crippen MR) is 73.6 cm³/mol. The maximum Gasteiger partial charge on any atom is 0.246 e. The Morgan fingerprint density at radius 3 is 2.11 bits per heavy atom. The van der Waals surface area contributed by atoms with Gasteiger partial charge in [-0.1, -0.05) is 36.9 Å². The van der Waals surface area contributed by atoms with Crippen LogP contribution in [0.4, 0.5) is 0 Å². The van der Waals surface area contributed by atoms with Gasteiger partial charge in [-0.15, -0.1) is 0 Å². The molecule has 0 aliphatic carbocycles. The van der Waals surface area contributed by atoms with Crippen LogP contribution in [0.25, 0.3) is 6.08 Å². The molecule has 0 radical (unpaired) electrons. The first-order chi connectivity index (χ1) is 8.47. The highest BCUT2D eigenvalue weighted by Crippen LogP contribution is 2.00. The van der Waals surface area contributed by atoms with E-state index in [1.807, 2.05) is 36.4 Å². The summed E-state index contributed by atoms with van der Waals surface area (Å²) in [6.07, 6.45) is 4.43. The van der Waals surface area contributed by atoms with E-state index < -0.39 is 5.91 Å². The van der Waals surface area contributed by atoms with Crippen LogP contribution in [0, 0.1) is 0 Å². The fourth-order valence-electron chi connectivity index (χ4n) is 0.881. The second kappa shape index (κ2) is 8.75. The summed E-state index contributed by atoms with van der Waals surface area (Å²) in [6, 6.07) is 9.75. The molecule has 1 rings (SSSR count). The number of benzene rings is 1. The van der Waals surface area contributed by atoms with Crippen molar-refractivity contribution in [1.82, 2.24) is 4.90 Å². The summed E-state index contributed by atoms with van der Waals surface area (Å²) < 4.78 is 0. The minimum atomic E-state index is -0.481. The monoisotopic (exact) mass is 246 g/mol. The summed E-state index contributed by atoms with van der Waals surface area (Å²) in [4.78, 5) is 22.2. The number of amides is 2. The van der Waals surface area contributed by atoms with Gasteiger partial charge in [0.15, 0.2) is 0 Å². The van der Waals surface area contributed by atoms with E-state index in [0.717, 1.165) is 11.6 Å². The van der Waals surface area contributed by atoms with Crippen LogP contribution in [0.2, 0.25) is 0 Å². The summed E-state index contributed by atoms with van der Waals surface area (Å²) in [5.41, 5.74) is 5.57. The standard InChI is InChI=1S/C11H13NO.C3H5NO/c1-12(2)11(13)9-8-10-6-4-3-5-7-10;1-2-3(4)5/h3-9H,1-2H3;2H,1H2,(H2,4,5)/b9-8+;. The van der Waals surface area contributed by atoms with Crippen molar-refractivity contribution in [2.45, 2.75) is 0 Å². The maximum atomic E-state index is 11.2. The number of hydrogen-bond donors (Lipinski definition) is 1. The van der Waals surface area contributed by atoms with E-state index >= 15 is 0 Å². The highest BCUT2D eigenvalue weighted by Gasteiger charge is 1.95. The second-order valence-corrected chi connectivity index (χ2v) is 3.58. The van der Waals surface area contributed by atoms with Gasteiger partial charge in [0.1, 0.15) is 0 Å². The molecule has 96 valence electrons. The van der Waals surface area contributed by atoms with Crippen molar-refractivity contribution in [3.05, 3.63) is 54.6 Å². The largest absolute Gasteiger partial charge is 0.366 e. The van der Waals surface area contributed by atoms with Crippen LogP contribution in [-0.2, 0) is 9.59 Å². The highest BCUT2D eigenvalue weighted by atomic mass is 16.2. The van der Waals surface area contributed by atoms with Gasteiger partial charge in [0.05, 0.1) is 0 Å². The molecule has 0 aromatic heterocycles. The Morgan fingerprint density at radius 1 is 1.22 bits per heavy atom. The molecule has 0 aliphatic rings. The number of rotatable bonds is 3. The number of likely N-dealkylation sites (N-methyl/N-ethyl adjacent to an activating group) is 1. The molecule has 0 saturated carbocycles. The quantitative estimate of drug-likeness (QED) is 0.820. The molecular weight excluding hydrogens is 228 g/mol. The van der Waals surface area contributed by atoms with Gasteiger partial charge in [-0.3, -0.25) is 9.59 Å². The Hall–Kier alpha value is -2.36. The molecule has 1 aromatic carbocycles. The summed E-state index contributed by atoms with van der Waals surface area (Å²) in [6.45, 7) is 3.09. The third kappa shape index (κ3) is 7.87. The van der Waals surface area contributed by atoms with E-state index in [-0.39, 0.29) is 5.91 Å². The van der Waals surface area contributed by atoms with Crippen molar-refractivity contribution in [1.29, 1.82) is 0 Å². The minimum absolute atomic E-state index is 0.00357. The third-order valence-corrected chi connectivity index (χ3v) is 1.86. The molecule has 18 heavy (non-hydrogen) atoms. The van der Waals surface area contributed by atoms with Gasteiger partial charge >= 0.3 is 0 Å². The number of nitrogens with two attached hydrogens (primary N) is 1. The number of hydrogen-bond acceptors (Lipinski definition) is 2. The Balaban J connectivity index is 0.000000494. The van der Waals surface area contributed by atoms with Crippen LogP contribution in [0.15, 0.2) is 49.1 Å². The van der Waals surface area contributed by atoms with Crippen LogP contribution in [0.5, 0.6) is 0 Å². The number of nitrogens with zero attached hydrogens (tertiary/aromatic N) is 1. The van der Waals surface area contributed by atoms with E-state index in [2.05, 4.69) is 12.3 Å². The molecule has 0 atom stereocenters. The molecule has 0 bridgehead atoms. The molecule has 4 nitrogen and oxygen atoms in total. The lowest BCUT2D eigenvalue weighted by atomic mass is 10.2. The fraction of sp³-hybridized carbons (Fsp3) is 0.143. The van der Waals surface area contributed by atoms with Crippen LogP contribution < -0.4 is 5.73 Å². The summed E-state index contributed by atoms with van der Waals surface area (Å²) in [5, 5.41) is 0. The van der Waals surface area contributed by atoms with Gasteiger partial charge < -0.3 is 10.6 Å². The summed E-state index contributed by atoms with van der Waals surface area (Å²) >= 11 is 0. The molecule has 0 heterocycles. The van der Waals surface area contributed by atoms with Crippen molar-refractivity contribution in [3.8, 4) is 0 Å². The summed E-state index contributed by atoms with van der Waals surface area (Å²) in [5.74, 6) is -0.478. The SMILES string of the molecule is C=CC(N)=O.CN(C)C(=O)/C=C/c1ccccc1. The normalized spacial score (nSPS) is 9.22. The van der Waals surface area contributed by atoms with E-state index in [9.17, 15) is 9.59 Å². The van der Waals surface area contributed by atoms with Crippen molar-refractivity contribution in [2.24, 2.45) is 5.73 Å². The molecule has 0 spiro atoms. The van der Waals surface area contributed by atoms with E-state index in [1.165, 1.54) is 0 Å². The topological polar surface area (TPSA) is 63.4 Å². The lowest BCUT2D eigenvalue weighted by Crippen LogP contribution is -2.18. The second-order valence-electron chi connectivity index (χ2n) is 3.58. The number of primary amides is 1. The molecule has 2 amide bonds. The molecule has 2 N–H and O–H groups in total. The smallest absolute Gasteiger partial charge is 0.246 e. The highest BCUT2D eigenvalue weighted by molar-refractivity contribution is 5.91. The Kier molecular flexibility index (Phi) is 7.61. The van der Waals surface area contributed by atoms with Gasteiger partial charge in [-0.05, 0) is 17.7 Å². The Bertz CT molecular complexity index is 423. The zero-order chi connectivity index (χ0) is 14.0. The first-order valence-corrected chi connectivity index (χ1v) is 5.33. The first-order valence-electron chi connectivity index (χ1n) is 5.33. The molecular formula is C14H18N2O2.